The fourth-order valence-electron chi connectivity index (χ4n) is 3.84. The lowest BCUT2D eigenvalue weighted by atomic mass is 9.54. The molecule has 102 valence electrons. The molecule has 2 N–H and O–H groups in total. The number of aliphatic hydroxyl groups excluding tert-OH is 2. The van der Waals surface area contributed by atoms with Crippen LogP contribution >= 0.6 is 0 Å². The molecular weight excluding hydrogens is 228 g/mol. The summed E-state index contributed by atoms with van der Waals surface area (Å²) in [5.74, 6) is 0.475. The van der Waals surface area contributed by atoms with E-state index in [1.165, 1.54) is 0 Å². The van der Waals surface area contributed by atoms with E-state index in [1.54, 1.807) is 0 Å². The predicted octanol–water partition coefficient (Wildman–Crippen LogP) is 1.93. The molecule has 0 spiro atoms. The van der Waals surface area contributed by atoms with E-state index in [0.29, 0.717) is 5.92 Å². The van der Waals surface area contributed by atoms with Gasteiger partial charge in [0.15, 0.2) is 0 Å². The Kier molecular flexibility index (Phi) is 3.65. The summed E-state index contributed by atoms with van der Waals surface area (Å²) in [4.78, 5) is 11.2. The molecule has 0 saturated heterocycles. The van der Waals surface area contributed by atoms with E-state index >= 15 is 0 Å². The lowest BCUT2D eigenvalue weighted by Crippen LogP contribution is -2.56. The third-order valence-corrected chi connectivity index (χ3v) is 5.20. The molecule has 0 aromatic carbocycles. The molecule has 0 aromatic heterocycles. The molecule has 0 radical (unpaired) electrons. The number of rotatable bonds is 2. The molecule has 3 heteroatoms. The molecule has 0 amide bonds. The van der Waals surface area contributed by atoms with Crippen LogP contribution in [0.5, 0.6) is 0 Å². The SMILES string of the molecule is CC(C)C1CC2C(C=O)=CCCC2(C)C(O)C1O. The zero-order chi connectivity index (χ0) is 13.5. The lowest BCUT2D eigenvalue weighted by molar-refractivity contribution is -0.150. The largest absolute Gasteiger partial charge is 0.390 e. The Morgan fingerprint density at radius 3 is 2.67 bits per heavy atom. The van der Waals surface area contributed by atoms with Crippen LogP contribution in [0.4, 0.5) is 0 Å². The van der Waals surface area contributed by atoms with Crippen LogP contribution in [0.3, 0.4) is 0 Å². The summed E-state index contributed by atoms with van der Waals surface area (Å²) in [5.41, 5.74) is 0.468. The van der Waals surface area contributed by atoms with Gasteiger partial charge in [0.25, 0.3) is 0 Å². The Morgan fingerprint density at radius 2 is 2.11 bits per heavy atom. The Morgan fingerprint density at radius 1 is 1.44 bits per heavy atom. The van der Waals surface area contributed by atoms with E-state index in [0.717, 1.165) is 31.1 Å². The third-order valence-electron chi connectivity index (χ3n) is 5.20. The highest BCUT2D eigenvalue weighted by Crippen LogP contribution is 2.52. The van der Waals surface area contributed by atoms with Crippen molar-refractivity contribution in [3.05, 3.63) is 11.6 Å². The number of aldehydes is 1. The number of aliphatic hydroxyl groups is 2. The molecule has 2 aliphatic carbocycles. The van der Waals surface area contributed by atoms with Crippen molar-refractivity contribution in [3.8, 4) is 0 Å². The van der Waals surface area contributed by atoms with E-state index in [-0.39, 0.29) is 17.3 Å². The van der Waals surface area contributed by atoms with E-state index < -0.39 is 12.2 Å². The van der Waals surface area contributed by atoms with Crippen LogP contribution in [0.15, 0.2) is 11.6 Å². The summed E-state index contributed by atoms with van der Waals surface area (Å²) in [6.45, 7) is 6.14. The number of hydrogen-bond donors (Lipinski definition) is 2. The number of carbonyl (C=O) groups is 1. The van der Waals surface area contributed by atoms with Crippen molar-refractivity contribution in [2.24, 2.45) is 23.2 Å². The summed E-state index contributed by atoms with van der Waals surface area (Å²) in [6.07, 6.45) is 4.00. The van der Waals surface area contributed by atoms with Gasteiger partial charge in [0, 0.05) is 5.41 Å². The summed E-state index contributed by atoms with van der Waals surface area (Å²) in [5, 5.41) is 20.8. The van der Waals surface area contributed by atoms with Gasteiger partial charge in [-0.3, -0.25) is 4.79 Å². The number of hydrogen-bond acceptors (Lipinski definition) is 3. The first-order chi connectivity index (χ1) is 8.41. The van der Waals surface area contributed by atoms with Gasteiger partial charge in [-0.05, 0) is 42.6 Å². The highest BCUT2D eigenvalue weighted by molar-refractivity contribution is 5.74. The molecule has 0 aliphatic heterocycles. The maximum absolute atomic E-state index is 11.2. The third kappa shape index (κ3) is 1.94. The summed E-state index contributed by atoms with van der Waals surface area (Å²) >= 11 is 0. The van der Waals surface area contributed by atoms with Crippen molar-refractivity contribution in [2.45, 2.75) is 52.2 Å². The minimum absolute atomic E-state index is 0.0690. The van der Waals surface area contributed by atoms with E-state index in [2.05, 4.69) is 13.8 Å². The van der Waals surface area contributed by atoms with Crippen LogP contribution in [0.1, 0.15) is 40.0 Å². The molecule has 1 fully saturated rings. The fourth-order valence-corrected chi connectivity index (χ4v) is 3.84. The molecule has 3 nitrogen and oxygen atoms in total. The van der Waals surface area contributed by atoms with Crippen LogP contribution in [-0.4, -0.2) is 28.7 Å². The second-order valence-electron chi connectivity index (χ2n) is 6.50. The van der Waals surface area contributed by atoms with Crippen LogP contribution in [0.25, 0.3) is 0 Å². The highest BCUT2D eigenvalue weighted by Gasteiger charge is 2.53. The molecule has 0 aromatic rings. The maximum Gasteiger partial charge on any atom is 0.146 e. The molecular formula is C15H24O3. The Hall–Kier alpha value is -0.670. The van der Waals surface area contributed by atoms with Crippen molar-refractivity contribution in [1.29, 1.82) is 0 Å². The second kappa shape index (κ2) is 4.78. The first kappa shape index (κ1) is 13.8. The Bertz CT molecular complexity index is 361. The van der Waals surface area contributed by atoms with Crippen molar-refractivity contribution in [2.75, 3.05) is 0 Å². The van der Waals surface area contributed by atoms with Gasteiger partial charge in [-0.15, -0.1) is 0 Å². The van der Waals surface area contributed by atoms with E-state index in [9.17, 15) is 15.0 Å². The number of fused-ring (bicyclic) bond motifs is 1. The molecule has 0 heterocycles. The number of allylic oxidation sites excluding steroid dienone is 2. The van der Waals surface area contributed by atoms with Gasteiger partial charge in [-0.25, -0.2) is 0 Å². The van der Waals surface area contributed by atoms with Crippen LogP contribution in [0.2, 0.25) is 0 Å². The lowest BCUT2D eigenvalue weighted by Gasteiger charge is -2.53. The van der Waals surface area contributed by atoms with Gasteiger partial charge >= 0.3 is 0 Å². The smallest absolute Gasteiger partial charge is 0.146 e. The van der Waals surface area contributed by atoms with Gasteiger partial charge in [-0.1, -0.05) is 26.8 Å². The molecule has 5 unspecified atom stereocenters. The maximum atomic E-state index is 11.2. The quantitative estimate of drug-likeness (QED) is 0.738. The molecule has 5 atom stereocenters. The second-order valence-corrected chi connectivity index (χ2v) is 6.50. The number of carbonyl (C=O) groups excluding carboxylic acids is 1. The van der Waals surface area contributed by atoms with Gasteiger partial charge in [-0.2, -0.15) is 0 Å². The van der Waals surface area contributed by atoms with E-state index in [1.807, 2.05) is 13.0 Å². The monoisotopic (exact) mass is 252 g/mol. The Balaban J connectivity index is 2.36. The van der Waals surface area contributed by atoms with E-state index in [4.69, 9.17) is 0 Å². The minimum Gasteiger partial charge on any atom is -0.390 e. The fraction of sp³-hybridized carbons (Fsp3) is 0.800. The van der Waals surface area contributed by atoms with Gasteiger partial charge < -0.3 is 10.2 Å². The standard InChI is InChI=1S/C15H24O3/c1-9(2)11-7-12-10(8-16)5-4-6-15(12,3)14(18)13(11)17/h5,8-9,11-14,17-18H,4,6-7H2,1-3H3. The topological polar surface area (TPSA) is 57.5 Å². The first-order valence-electron chi connectivity index (χ1n) is 6.93. The van der Waals surface area contributed by atoms with Crippen molar-refractivity contribution < 1.29 is 15.0 Å². The molecule has 1 saturated carbocycles. The molecule has 2 aliphatic rings. The molecule has 2 rings (SSSR count). The van der Waals surface area contributed by atoms with Crippen molar-refractivity contribution in [3.63, 3.8) is 0 Å². The highest BCUT2D eigenvalue weighted by atomic mass is 16.3. The van der Waals surface area contributed by atoms with Gasteiger partial charge in [0.2, 0.25) is 0 Å². The normalized spacial score (nSPS) is 44.4. The van der Waals surface area contributed by atoms with Crippen LogP contribution in [0, 0.1) is 23.2 Å². The van der Waals surface area contributed by atoms with Gasteiger partial charge in [0.05, 0.1) is 12.2 Å². The predicted molar refractivity (Wildman–Crippen MR) is 69.9 cm³/mol. The molecule has 0 bridgehead atoms. The zero-order valence-corrected chi connectivity index (χ0v) is 11.5. The zero-order valence-electron chi connectivity index (χ0n) is 11.5. The summed E-state index contributed by atoms with van der Waals surface area (Å²) < 4.78 is 0. The van der Waals surface area contributed by atoms with Crippen LogP contribution in [-0.2, 0) is 4.79 Å². The van der Waals surface area contributed by atoms with Crippen LogP contribution < -0.4 is 0 Å². The average molecular weight is 252 g/mol. The summed E-state index contributed by atoms with van der Waals surface area (Å²) in [7, 11) is 0. The van der Waals surface area contributed by atoms with Crippen molar-refractivity contribution >= 4 is 6.29 Å². The first-order valence-corrected chi connectivity index (χ1v) is 6.93. The Labute approximate surface area is 109 Å². The summed E-state index contributed by atoms with van der Waals surface area (Å²) in [6, 6.07) is 0. The average Bonchev–Trinajstić information content (AvgIpc) is 2.33. The molecule has 18 heavy (non-hydrogen) atoms. The van der Waals surface area contributed by atoms with Crippen molar-refractivity contribution in [1.82, 2.24) is 0 Å². The van der Waals surface area contributed by atoms with Gasteiger partial charge in [0.1, 0.15) is 6.29 Å². The minimum atomic E-state index is -0.729.